The fourth-order valence-corrected chi connectivity index (χ4v) is 7.16. The Hall–Kier alpha value is -2.43. The number of rotatable bonds is 44. The summed E-state index contributed by atoms with van der Waals surface area (Å²) in [6.45, 7) is 4.24. The van der Waals surface area contributed by atoms with E-state index in [1.807, 2.05) is 0 Å². The molecule has 2 atom stereocenters. The predicted octanol–water partition coefficient (Wildman–Crippen LogP) is 16.0. The molecule has 0 aliphatic rings. The van der Waals surface area contributed by atoms with E-state index < -0.39 is 12.1 Å². The van der Waals surface area contributed by atoms with E-state index in [2.05, 4.69) is 104 Å². The molecule has 2 unspecified atom stereocenters. The van der Waals surface area contributed by atoms with Gasteiger partial charge >= 0.3 is 0 Å². The van der Waals surface area contributed by atoms with Crippen LogP contribution in [0, 0.1) is 0 Å². The third-order valence-corrected chi connectivity index (χ3v) is 10.9. The first kappa shape index (κ1) is 55.6. The minimum Gasteiger partial charge on any atom is -0.394 e. The first-order chi connectivity index (χ1) is 28.7. The van der Waals surface area contributed by atoms with Crippen LogP contribution in [0.1, 0.15) is 232 Å². The van der Waals surface area contributed by atoms with Gasteiger partial charge in [-0.2, -0.15) is 0 Å². The van der Waals surface area contributed by atoms with E-state index in [0.29, 0.717) is 12.8 Å². The van der Waals surface area contributed by atoms with E-state index in [4.69, 9.17) is 0 Å². The standard InChI is InChI=1S/C54H95NO3/c1-3-5-7-9-11-13-15-17-19-20-21-22-23-24-25-26-27-28-29-30-31-32-33-34-36-38-40-42-44-46-48-50-54(58)55-52(51-56)53(57)49-47-45-43-41-39-37-35-18-16-14-12-10-8-6-4-2/h5,7,11,13,17,19,21-22,24-25,27-28,30-31,52-53,56-57H,3-4,6,8-10,12,14-16,18,20,23,26,29,32-51H2,1-2H3,(H,55,58)/b7-5-,13-11-,19-17-,22-21-,25-24-,28-27-,31-30-. The van der Waals surface area contributed by atoms with Crippen LogP contribution in [-0.4, -0.2) is 34.9 Å². The summed E-state index contributed by atoms with van der Waals surface area (Å²) in [5.74, 6) is -0.0407. The first-order valence-corrected chi connectivity index (χ1v) is 24.8. The quantitative estimate of drug-likeness (QED) is 0.0424. The van der Waals surface area contributed by atoms with Gasteiger partial charge in [0, 0.05) is 6.42 Å². The van der Waals surface area contributed by atoms with Gasteiger partial charge in [0.1, 0.15) is 0 Å². The lowest BCUT2D eigenvalue weighted by Gasteiger charge is -2.22. The number of nitrogens with one attached hydrogen (secondary N) is 1. The highest BCUT2D eigenvalue weighted by atomic mass is 16.3. The zero-order valence-corrected chi connectivity index (χ0v) is 38.3. The molecule has 0 aliphatic carbocycles. The lowest BCUT2D eigenvalue weighted by molar-refractivity contribution is -0.123. The van der Waals surface area contributed by atoms with E-state index in [0.717, 1.165) is 70.6 Å². The van der Waals surface area contributed by atoms with Gasteiger partial charge in [-0.25, -0.2) is 0 Å². The number of carbonyl (C=O) groups is 1. The highest BCUT2D eigenvalue weighted by molar-refractivity contribution is 5.76. The monoisotopic (exact) mass is 806 g/mol. The van der Waals surface area contributed by atoms with Crippen molar-refractivity contribution in [3.05, 3.63) is 85.1 Å². The molecule has 0 spiro atoms. The lowest BCUT2D eigenvalue weighted by Crippen LogP contribution is -2.45. The Morgan fingerprint density at radius 2 is 0.759 bits per heavy atom. The van der Waals surface area contributed by atoms with Gasteiger partial charge in [-0.05, 0) is 70.6 Å². The molecule has 0 saturated heterocycles. The minimum atomic E-state index is -0.666. The number of hydrogen-bond donors (Lipinski definition) is 3. The van der Waals surface area contributed by atoms with Gasteiger partial charge in [0.05, 0.1) is 18.8 Å². The highest BCUT2D eigenvalue weighted by Gasteiger charge is 2.20. The molecule has 58 heavy (non-hydrogen) atoms. The molecule has 0 aromatic carbocycles. The van der Waals surface area contributed by atoms with Crippen LogP contribution >= 0.6 is 0 Å². The molecule has 4 heteroatoms. The van der Waals surface area contributed by atoms with Crippen LogP contribution in [0.3, 0.4) is 0 Å². The predicted molar refractivity (Wildman–Crippen MR) is 257 cm³/mol. The average molecular weight is 806 g/mol. The summed E-state index contributed by atoms with van der Waals surface area (Å²) in [7, 11) is 0. The number of aliphatic hydroxyl groups excluding tert-OH is 2. The maximum Gasteiger partial charge on any atom is 0.220 e. The van der Waals surface area contributed by atoms with Crippen molar-refractivity contribution in [2.24, 2.45) is 0 Å². The van der Waals surface area contributed by atoms with Gasteiger partial charge in [-0.3, -0.25) is 4.79 Å². The molecule has 0 radical (unpaired) electrons. The Morgan fingerprint density at radius 3 is 1.14 bits per heavy atom. The second kappa shape index (κ2) is 48.9. The molecule has 4 nitrogen and oxygen atoms in total. The van der Waals surface area contributed by atoms with Gasteiger partial charge in [0.25, 0.3) is 0 Å². The van der Waals surface area contributed by atoms with Crippen LogP contribution in [0.15, 0.2) is 85.1 Å². The van der Waals surface area contributed by atoms with Gasteiger partial charge < -0.3 is 15.5 Å². The van der Waals surface area contributed by atoms with Crippen molar-refractivity contribution in [2.45, 2.75) is 244 Å². The van der Waals surface area contributed by atoms with E-state index in [-0.39, 0.29) is 12.5 Å². The first-order valence-electron chi connectivity index (χ1n) is 24.8. The van der Waals surface area contributed by atoms with E-state index >= 15 is 0 Å². The van der Waals surface area contributed by atoms with E-state index in [1.54, 1.807) is 0 Å². The Morgan fingerprint density at radius 1 is 0.431 bits per heavy atom. The van der Waals surface area contributed by atoms with Crippen molar-refractivity contribution < 1.29 is 15.0 Å². The van der Waals surface area contributed by atoms with Crippen LogP contribution < -0.4 is 5.32 Å². The van der Waals surface area contributed by atoms with Crippen molar-refractivity contribution in [1.82, 2.24) is 5.32 Å². The maximum atomic E-state index is 12.4. The second-order valence-electron chi connectivity index (χ2n) is 16.5. The molecule has 1 amide bonds. The number of carbonyl (C=O) groups excluding carboxylic acids is 1. The van der Waals surface area contributed by atoms with Crippen LogP contribution in [-0.2, 0) is 4.79 Å². The van der Waals surface area contributed by atoms with Crippen molar-refractivity contribution in [2.75, 3.05) is 6.61 Å². The zero-order valence-electron chi connectivity index (χ0n) is 38.3. The second-order valence-corrected chi connectivity index (χ2v) is 16.5. The van der Waals surface area contributed by atoms with E-state index in [9.17, 15) is 15.0 Å². The largest absolute Gasteiger partial charge is 0.394 e. The van der Waals surface area contributed by atoms with Crippen LogP contribution in [0.4, 0.5) is 0 Å². The topological polar surface area (TPSA) is 69.6 Å². The number of aliphatic hydroxyl groups is 2. The van der Waals surface area contributed by atoms with Crippen LogP contribution in [0.2, 0.25) is 0 Å². The number of amides is 1. The fraction of sp³-hybridized carbons (Fsp3) is 0.722. The summed E-state index contributed by atoms with van der Waals surface area (Å²) >= 11 is 0. The van der Waals surface area contributed by atoms with Crippen molar-refractivity contribution >= 4 is 5.91 Å². The van der Waals surface area contributed by atoms with Gasteiger partial charge in [0.2, 0.25) is 5.91 Å². The van der Waals surface area contributed by atoms with Crippen molar-refractivity contribution in [3.63, 3.8) is 0 Å². The molecule has 0 aromatic heterocycles. The van der Waals surface area contributed by atoms with E-state index in [1.165, 1.54) is 135 Å². The Labute approximate surface area is 361 Å². The van der Waals surface area contributed by atoms with Crippen LogP contribution in [0.5, 0.6) is 0 Å². The molecule has 3 N–H and O–H groups in total. The van der Waals surface area contributed by atoms with Crippen molar-refractivity contribution in [1.29, 1.82) is 0 Å². The Kier molecular flexibility index (Phi) is 46.9. The summed E-state index contributed by atoms with van der Waals surface area (Å²) < 4.78 is 0. The molecular formula is C54H95NO3. The molecule has 0 saturated carbocycles. The number of unbranched alkanes of at least 4 members (excludes halogenated alkanes) is 23. The minimum absolute atomic E-state index is 0.0407. The summed E-state index contributed by atoms with van der Waals surface area (Å²) in [5, 5.41) is 23.2. The van der Waals surface area contributed by atoms with Gasteiger partial charge in [-0.1, -0.05) is 240 Å². The third-order valence-electron chi connectivity index (χ3n) is 10.9. The normalized spacial score (nSPS) is 13.7. The molecule has 0 heterocycles. The molecular weight excluding hydrogens is 711 g/mol. The average Bonchev–Trinajstić information content (AvgIpc) is 3.23. The molecule has 0 fully saturated rings. The molecule has 0 bridgehead atoms. The van der Waals surface area contributed by atoms with Gasteiger partial charge in [0.15, 0.2) is 0 Å². The summed E-state index contributed by atoms with van der Waals surface area (Å²) in [5.41, 5.74) is 0. The lowest BCUT2D eigenvalue weighted by atomic mass is 10.0. The smallest absolute Gasteiger partial charge is 0.220 e. The molecule has 334 valence electrons. The van der Waals surface area contributed by atoms with Crippen molar-refractivity contribution in [3.8, 4) is 0 Å². The number of hydrogen-bond acceptors (Lipinski definition) is 3. The molecule has 0 aromatic rings. The third kappa shape index (κ3) is 44.7. The Bertz CT molecular complexity index is 1050. The summed E-state index contributed by atoms with van der Waals surface area (Å²) in [6, 6.07) is -0.544. The Balaban J connectivity index is 3.57. The highest BCUT2D eigenvalue weighted by Crippen LogP contribution is 2.16. The number of allylic oxidation sites excluding steroid dienone is 14. The molecule has 0 aliphatic heterocycles. The fourth-order valence-electron chi connectivity index (χ4n) is 7.16. The zero-order chi connectivity index (χ0) is 42.1. The summed E-state index contributed by atoms with van der Waals surface area (Å²) in [6.07, 6.45) is 71.0. The summed E-state index contributed by atoms with van der Waals surface area (Å²) in [4.78, 5) is 12.4. The SMILES string of the molecule is CC/C=C\C/C=C\C/C=C\C/C=C\C/C=C\C/C=C\C/C=C\CCCCCCCCCCCC(=O)NC(CO)C(O)CCCCCCCCCCCCCCCCC. The van der Waals surface area contributed by atoms with Gasteiger partial charge in [-0.15, -0.1) is 0 Å². The maximum absolute atomic E-state index is 12.4. The van der Waals surface area contributed by atoms with Crippen LogP contribution in [0.25, 0.3) is 0 Å². The molecule has 0 rings (SSSR count).